The third-order valence-corrected chi connectivity index (χ3v) is 2.61. The number of aliphatic carboxylic acids is 1. The molecule has 1 aromatic carbocycles. The number of non-ortho nitro benzene ring substituents is 1. The molecule has 0 atom stereocenters. The third-order valence-electron chi connectivity index (χ3n) is 1.95. The Kier molecular flexibility index (Phi) is 5.53. The Bertz CT molecular complexity index is 452. The first-order valence-corrected chi connectivity index (χ1v) is 5.77. The van der Waals surface area contributed by atoms with Crippen molar-refractivity contribution >= 4 is 33.3 Å². The van der Waals surface area contributed by atoms with E-state index in [9.17, 15) is 14.9 Å². The van der Waals surface area contributed by atoms with Crippen molar-refractivity contribution in [3.05, 3.63) is 32.8 Å². The van der Waals surface area contributed by atoms with E-state index in [4.69, 9.17) is 9.84 Å². The van der Waals surface area contributed by atoms with Crippen LogP contribution in [-0.4, -0.2) is 35.8 Å². The molecular formula is C10H11BrN2O5. The summed E-state index contributed by atoms with van der Waals surface area (Å²) in [5.41, 5.74) is 0.675. The van der Waals surface area contributed by atoms with Gasteiger partial charge in [0.1, 0.15) is 6.61 Å². The lowest BCUT2D eigenvalue weighted by molar-refractivity contribution is -0.384. The molecule has 0 heterocycles. The van der Waals surface area contributed by atoms with E-state index in [0.29, 0.717) is 16.7 Å². The zero-order valence-electron chi connectivity index (χ0n) is 9.26. The van der Waals surface area contributed by atoms with E-state index in [-0.39, 0.29) is 18.9 Å². The highest BCUT2D eigenvalue weighted by Crippen LogP contribution is 2.26. The molecule has 0 fully saturated rings. The highest BCUT2D eigenvalue weighted by atomic mass is 79.9. The number of rotatable bonds is 7. The van der Waals surface area contributed by atoms with Gasteiger partial charge in [0.05, 0.1) is 11.5 Å². The molecule has 0 aliphatic carbocycles. The minimum absolute atomic E-state index is 0.00504. The fraction of sp³-hybridized carbons (Fsp3) is 0.300. The van der Waals surface area contributed by atoms with E-state index < -0.39 is 10.9 Å². The molecule has 2 N–H and O–H groups in total. The lowest BCUT2D eigenvalue weighted by Crippen LogP contribution is -2.14. The van der Waals surface area contributed by atoms with Crippen molar-refractivity contribution in [1.29, 1.82) is 0 Å². The molecule has 0 unspecified atom stereocenters. The van der Waals surface area contributed by atoms with Crippen LogP contribution in [0.4, 0.5) is 11.4 Å². The van der Waals surface area contributed by atoms with E-state index in [2.05, 4.69) is 21.2 Å². The third kappa shape index (κ3) is 4.68. The van der Waals surface area contributed by atoms with Crippen molar-refractivity contribution in [2.24, 2.45) is 0 Å². The van der Waals surface area contributed by atoms with E-state index in [1.54, 1.807) is 6.07 Å². The van der Waals surface area contributed by atoms with Crippen LogP contribution in [0.3, 0.4) is 0 Å². The van der Waals surface area contributed by atoms with E-state index in [0.717, 1.165) is 0 Å². The summed E-state index contributed by atoms with van der Waals surface area (Å²) >= 11 is 3.21. The van der Waals surface area contributed by atoms with Gasteiger partial charge in [-0.15, -0.1) is 0 Å². The van der Waals surface area contributed by atoms with Crippen LogP contribution in [0.1, 0.15) is 0 Å². The van der Waals surface area contributed by atoms with Gasteiger partial charge in [-0.3, -0.25) is 10.1 Å². The van der Waals surface area contributed by atoms with Crippen molar-refractivity contribution in [3.8, 4) is 0 Å². The first-order chi connectivity index (χ1) is 8.50. The summed E-state index contributed by atoms with van der Waals surface area (Å²) in [5.74, 6) is -1.02. The van der Waals surface area contributed by atoms with Crippen LogP contribution in [0.2, 0.25) is 0 Å². The molecule has 0 spiro atoms. The fourth-order valence-electron chi connectivity index (χ4n) is 1.18. The standard InChI is InChI=1S/C10H11BrN2O5/c11-8-5-7(13(16)17)1-2-9(8)12-3-4-18-6-10(14)15/h1-2,5,12H,3-4,6H2,(H,14,15). The number of anilines is 1. The summed E-state index contributed by atoms with van der Waals surface area (Å²) in [4.78, 5) is 20.2. The first-order valence-electron chi connectivity index (χ1n) is 4.98. The van der Waals surface area contributed by atoms with Gasteiger partial charge >= 0.3 is 5.97 Å². The Morgan fingerprint density at radius 2 is 2.28 bits per heavy atom. The molecule has 1 rings (SSSR count). The maximum absolute atomic E-state index is 10.5. The summed E-state index contributed by atoms with van der Waals surface area (Å²) in [6, 6.07) is 4.34. The number of ether oxygens (including phenoxy) is 1. The molecule has 8 heteroatoms. The quantitative estimate of drug-likeness (QED) is 0.452. The van der Waals surface area contributed by atoms with Crippen molar-refractivity contribution in [2.75, 3.05) is 25.1 Å². The van der Waals surface area contributed by atoms with Crippen LogP contribution >= 0.6 is 15.9 Å². The number of carboxylic acids is 1. The summed E-state index contributed by atoms with van der Waals surface area (Å²) < 4.78 is 5.40. The molecule has 0 aliphatic heterocycles. The number of nitrogens with zero attached hydrogens (tertiary/aromatic N) is 1. The molecule has 0 aromatic heterocycles. The van der Waals surface area contributed by atoms with Gasteiger partial charge in [0.2, 0.25) is 0 Å². The Balaban J connectivity index is 2.43. The number of benzene rings is 1. The molecule has 1 aromatic rings. The number of hydrogen-bond acceptors (Lipinski definition) is 5. The lowest BCUT2D eigenvalue weighted by Gasteiger charge is -2.08. The highest BCUT2D eigenvalue weighted by molar-refractivity contribution is 9.10. The molecule has 18 heavy (non-hydrogen) atoms. The van der Waals surface area contributed by atoms with Crippen molar-refractivity contribution in [1.82, 2.24) is 0 Å². The smallest absolute Gasteiger partial charge is 0.329 e. The number of hydrogen-bond donors (Lipinski definition) is 2. The highest BCUT2D eigenvalue weighted by Gasteiger charge is 2.08. The molecular weight excluding hydrogens is 308 g/mol. The van der Waals surface area contributed by atoms with Crippen LogP contribution in [-0.2, 0) is 9.53 Å². The molecule has 0 radical (unpaired) electrons. The number of nitro groups is 1. The Morgan fingerprint density at radius 1 is 1.56 bits per heavy atom. The van der Waals surface area contributed by atoms with Crippen molar-refractivity contribution < 1.29 is 19.6 Å². The average Bonchev–Trinajstić information content (AvgIpc) is 2.29. The van der Waals surface area contributed by atoms with Gasteiger partial charge in [-0.1, -0.05) is 0 Å². The van der Waals surface area contributed by atoms with Crippen LogP contribution < -0.4 is 5.32 Å². The van der Waals surface area contributed by atoms with Crippen LogP contribution in [0, 0.1) is 10.1 Å². The minimum atomic E-state index is -1.02. The SMILES string of the molecule is O=C(O)COCCNc1ccc([N+](=O)[O-])cc1Br. The van der Waals surface area contributed by atoms with Gasteiger partial charge in [0.25, 0.3) is 5.69 Å². The predicted molar refractivity (Wildman–Crippen MR) is 67.7 cm³/mol. The van der Waals surface area contributed by atoms with Gasteiger partial charge in [-0.25, -0.2) is 4.79 Å². The second-order valence-corrected chi connectivity index (χ2v) is 4.15. The summed E-state index contributed by atoms with van der Waals surface area (Å²) in [5, 5.41) is 21.8. The molecule has 7 nitrogen and oxygen atoms in total. The monoisotopic (exact) mass is 318 g/mol. The second-order valence-electron chi connectivity index (χ2n) is 3.29. The molecule has 0 bridgehead atoms. The van der Waals surface area contributed by atoms with E-state index in [1.165, 1.54) is 12.1 Å². The van der Waals surface area contributed by atoms with Gasteiger partial charge < -0.3 is 15.2 Å². The largest absolute Gasteiger partial charge is 0.480 e. The zero-order valence-corrected chi connectivity index (χ0v) is 10.8. The zero-order chi connectivity index (χ0) is 13.5. The normalized spacial score (nSPS) is 10.1. The van der Waals surface area contributed by atoms with Crippen molar-refractivity contribution in [2.45, 2.75) is 0 Å². The Morgan fingerprint density at radius 3 is 2.83 bits per heavy atom. The number of nitrogens with one attached hydrogen (secondary N) is 1. The number of halogens is 1. The van der Waals surface area contributed by atoms with Crippen molar-refractivity contribution in [3.63, 3.8) is 0 Å². The molecule has 0 amide bonds. The first kappa shape index (κ1) is 14.4. The lowest BCUT2D eigenvalue weighted by atomic mass is 10.3. The second kappa shape index (κ2) is 6.92. The average molecular weight is 319 g/mol. The van der Waals surface area contributed by atoms with E-state index in [1.807, 2.05) is 0 Å². The molecule has 0 aliphatic rings. The predicted octanol–water partition coefficient (Wildman–Crippen LogP) is 1.87. The Hall–Kier alpha value is -1.67. The van der Waals surface area contributed by atoms with E-state index >= 15 is 0 Å². The van der Waals surface area contributed by atoms with Gasteiger partial charge in [0, 0.05) is 28.8 Å². The van der Waals surface area contributed by atoms with Crippen LogP contribution in [0.15, 0.2) is 22.7 Å². The fourth-order valence-corrected chi connectivity index (χ4v) is 1.69. The van der Waals surface area contributed by atoms with Gasteiger partial charge in [-0.2, -0.15) is 0 Å². The number of carbonyl (C=O) groups is 1. The molecule has 0 saturated heterocycles. The summed E-state index contributed by atoms with van der Waals surface area (Å²) in [6.07, 6.45) is 0. The van der Waals surface area contributed by atoms with Gasteiger partial charge in [0.15, 0.2) is 0 Å². The molecule has 98 valence electrons. The minimum Gasteiger partial charge on any atom is -0.480 e. The van der Waals surface area contributed by atoms with Crippen LogP contribution in [0.5, 0.6) is 0 Å². The maximum atomic E-state index is 10.5. The van der Waals surface area contributed by atoms with Crippen LogP contribution in [0.25, 0.3) is 0 Å². The number of nitro benzene ring substituents is 1. The summed E-state index contributed by atoms with van der Waals surface area (Å²) in [7, 11) is 0. The van der Waals surface area contributed by atoms with Gasteiger partial charge in [-0.05, 0) is 22.0 Å². The molecule has 0 saturated carbocycles. The topological polar surface area (TPSA) is 102 Å². The summed E-state index contributed by atoms with van der Waals surface area (Å²) in [6.45, 7) is 0.294. The maximum Gasteiger partial charge on any atom is 0.329 e. The Labute approximate surface area is 111 Å². The number of carboxylic acid groups (broad SMARTS) is 1.